The molecule has 1 atom stereocenters. The molecular weight excluding hydrogens is 307 g/mol. The van der Waals surface area contributed by atoms with Crippen molar-refractivity contribution in [2.75, 3.05) is 19.7 Å². The van der Waals surface area contributed by atoms with E-state index in [9.17, 15) is 18.0 Å². The highest BCUT2D eigenvalue weighted by molar-refractivity contribution is 7.10. The summed E-state index contributed by atoms with van der Waals surface area (Å²) in [6, 6.07) is 1.72. The number of rotatable bonds is 1. The van der Waals surface area contributed by atoms with Crippen molar-refractivity contribution in [2.24, 2.45) is 0 Å². The van der Waals surface area contributed by atoms with E-state index in [4.69, 9.17) is 4.74 Å². The highest BCUT2D eigenvalue weighted by Crippen LogP contribution is 2.47. The molecule has 1 spiro atoms. The zero-order valence-corrected chi connectivity index (χ0v) is 11.9. The van der Waals surface area contributed by atoms with Gasteiger partial charge in [0.05, 0.1) is 6.61 Å². The third kappa shape index (κ3) is 2.67. The van der Waals surface area contributed by atoms with E-state index in [0.29, 0.717) is 5.56 Å². The summed E-state index contributed by atoms with van der Waals surface area (Å²) in [6.45, 7) is 1.56. The zero-order valence-electron chi connectivity index (χ0n) is 11.0. The Hall–Kier alpha value is -1.12. The molecule has 1 fully saturated rings. The number of piperidine rings is 1. The van der Waals surface area contributed by atoms with E-state index >= 15 is 0 Å². The predicted molar refractivity (Wildman–Crippen MR) is 68.9 cm³/mol. The van der Waals surface area contributed by atoms with Gasteiger partial charge in [0.15, 0.2) is 6.10 Å². The van der Waals surface area contributed by atoms with Gasteiger partial charge in [-0.3, -0.25) is 0 Å². The molecule has 0 aromatic carbocycles. The third-order valence-corrected chi connectivity index (χ3v) is 4.97. The largest absolute Gasteiger partial charge is 0.490 e. The summed E-state index contributed by atoms with van der Waals surface area (Å²) in [6.07, 6.45) is -4.44. The number of halogens is 3. The van der Waals surface area contributed by atoms with Crippen LogP contribution in [0.1, 0.15) is 29.4 Å². The maximum atomic E-state index is 12.3. The summed E-state index contributed by atoms with van der Waals surface area (Å²) in [7, 11) is 0. The van der Waals surface area contributed by atoms with Crippen LogP contribution in [-0.2, 0) is 19.9 Å². The smallest absolute Gasteiger partial charge is 0.448 e. The molecule has 0 bridgehead atoms. The first-order valence-corrected chi connectivity index (χ1v) is 7.51. The summed E-state index contributed by atoms with van der Waals surface area (Å²) in [5, 5.41) is 5.04. The van der Waals surface area contributed by atoms with Gasteiger partial charge in [0.2, 0.25) is 0 Å². The Morgan fingerprint density at radius 3 is 2.81 bits per heavy atom. The number of carbonyl (C=O) groups is 1. The number of alkyl halides is 3. The second-order valence-electron chi connectivity index (χ2n) is 5.15. The van der Waals surface area contributed by atoms with Gasteiger partial charge in [-0.25, -0.2) is 4.79 Å². The summed E-state index contributed by atoms with van der Waals surface area (Å²) in [5.41, 5.74) is 0.196. The number of hydrogen-bond donors (Lipinski definition) is 1. The lowest BCUT2D eigenvalue weighted by Gasteiger charge is -2.42. The topological polar surface area (TPSA) is 47.6 Å². The van der Waals surface area contributed by atoms with E-state index in [1.807, 2.05) is 0 Å². The molecule has 8 heteroatoms. The SMILES string of the molecule is O=C(OC1COC2(CCNCC2)c2sccc21)C(F)(F)F. The van der Waals surface area contributed by atoms with Crippen LogP contribution in [0.2, 0.25) is 0 Å². The van der Waals surface area contributed by atoms with E-state index in [2.05, 4.69) is 10.1 Å². The lowest BCUT2D eigenvalue weighted by atomic mass is 9.85. The molecule has 1 aromatic heterocycles. The fourth-order valence-corrected chi connectivity index (χ4v) is 3.99. The van der Waals surface area contributed by atoms with Crippen LogP contribution in [0.15, 0.2) is 11.4 Å². The quantitative estimate of drug-likeness (QED) is 0.808. The van der Waals surface area contributed by atoms with Crippen molar-refractivity contribution in [2.45, 2.75) is 30.7 Å². The van der Waals surface area contributed by atoms with Crippen LogP contribution in [0.4, 0.5) is 13.2 Å². The zero-order chi connectivity index (χ0) is 15.1. The first-order chi connectivity index (χ1) is 9.92. The number of hydrogen-bond acceptors (Lipinski definition) is 5. The highest BCUT2D eigenvalue weighted by Gasteiger charge is 2.47. The van der Waals surface area contributed by atoms with E-state index in [0.717, 1.165) is 30.8 Å². The van der Waals surface area contributed by atoms with Crippen LogP contribution in [0.5, 0.6) is 0 Å². The Morgan fingerprint density at radius 1 is 1.43 bits per heavy atom. The first kappa shape index (κ1) is 14.8. The van der Waals surface area contributed by atoms with E-state index in [1.165, 1.54) is 11.3 Å². The maximum Gasteiger partial charge on any atom is 0.490 e. The molecule has 4 nitrogen and oxygen atoms in total. The summed E-state index contributed by atoms with van der Waals surface area (Å²) >= 11 is 1.44. The van der Waals surface area contributed by atoms with Crippen molar-refractivity contribution >= 4 is 17.3 Å². The molecule has 1 aromatic rings. The van der Waals surface area contributed by atoms with Gasteiger partial charge < -0.3 is 14.8 Å². The second-order valence-corrected chi connectivity index (χ2v) is 6.07. The molecule has 0 aliphatic carbocycles. The standard InChI is InChI=1S/C13H14F3NO3S/c14-13(15,16)11(18)20-9-7-19-12(2-4-17-5-3-12)10-8(9)1-6-21-10/h1,6,9,17H,2-5,7H2. The van der Waals surface area contributed by atoms with Crippen LogP contribution in [0.3, 0.4) is 0 Å². The molecular formula is C13H14F3NO3S. The van der Waals surface area contributed by atoms with Crippen LogP contribution >= 0.6 is 11.3 Å². The van der Waals surface area contributed by atoms with Gasteiger partial charge >= 0.3 is 12.1 Å². The molecule has 2 aliphatic rings. The Balaban J connectivity index is 1.84. The molecule has 0 saturated carbocycles. The Morgan fingerprint density at radius 2 is 2.14 bits per heavy atom. The third-order valence-electron chi connectivity index (χ3n) is 3.86. The maximum absolute atomic E-state index is 12.3. The van der Waals surface area contributed by atoms with Gasteiger partial charge in [-0.2, -0.15) is 13.2 Å². The Bertz CT molecular complexity index is 537. The van der Waals surface area contributed by atoms with Gasteiger partial charge in [-0.15, -0.1) is 11.3 Å². The van der Waals surface area contributed by atoms with Crippen molar-refractivity contribution in [3.05, 3.63) is 21.9 Å². The molecule has 2 aliphatic heterocycles. The minimum atomic E-state index is -4.99. The van der Waals surface area contributed by atoms with Crippen LogP contribution in [0, 0.1) is 0 Å². The molecule has 1 saturated heterocycles. The van der Waals surface area contributed by atoms with Crippen molar-refractivity contribution in [3.8, 4) is 0 Å². The predicted octanol–water partition coefficient (Wildman–Crippen LogP) is 2.50. The number of carbonyl (C=O) groups excluding carboxylic acids is 1. The number of fused-ring (bicyclic) bond motifs is 2. The lowest BCUT2D eigenvalue weighted by Crippen LogP contribution is -2.45. The number of thiophene rings is 1. The molecule has 1 unspecified atom stereocenters. The molecule has 3 rings (SSSR count). The Labute approximate surface area is 123 Å². The lowest BCUT2D eigenvalue weighted by molar-refractivity contribution is -0.213. The fourth-order valence-electron chi connectivity index (χ4n) is 2.83. The summed E-state index contributed by atoms with van der Waals surface area (Å²) in [5.74, 6) is -2.17. The minimum Gasteiger partial charge on any atom is -0.448 e. The molecule has 0 radical (unpaired) electrons. The molecule has 116 valence electrons. The normalized spacial score (nSPS) is 24.6. The van der Waals surface area contributed by atoms with Gasteiger partial charge in [0.1, 0.15) is 5.60 Å². The van der Waals surface area contributed by atoms with E-state index in [1.54, 1.807) is 11.4 Å². The van der Waals surface area contributed by atoms with E-state index in [-0.39, 0.29) is 6.61 Å². The van der Waals surface area contributed by atoms with E-state index < -0.39 is 23.9 Å². The van der Waals surface area contributed by atoms with Crippen molar-refractivity contribution in [1.82, 2.24) is 5.32 Å². The fraction of sp³-hybridized carbons (Fsp3) is 0.615. The summed E-state index contributed by atoms with van der Waals surface area (Å²) in [4.78, 5) is 11.9. The number of nitrogens with one attached hydrogen (secondary N) is 1. The minimum absolute atomic E-state index is 0.0362. The van der Waals surface area contributed by atoms with Gasteiger partial charge in [0.25, 0.3) is 0 Å². The number of ether oxygens (including phenoxy) is 2. The average Bonchev–Trinajstić information content (AvgIpc) is 2.93. The molecule has 21 heavy (non-hydrogen) atoms. The molecule has 3 heterocycles. The van der Waals surface area contributed by atoms with Crippen molar-refractivity contribution in [1.29, 1.82) is 0 Å². The Kier molecular flexibility index (Phi) is 3.71. The highest BCUT2D eigenvalue weighted by atomic mass is 32.1. The number of esters is 1. The first-order valence-electron chi connectivity index (χ1n) is 6.63. The van der Waals surface area contributed by atoms with Crippen LogP contribution < -0.4 is 5.32 Å². The summed E-state index contributed by atoms with van der Waals surface area (Å²) < 4.78 is 47.4. The average molecular weight is 321 g/mol. The molecule has 1 N–H and O–H groups in total. The monoisotopic (exact) mass is 321 g/mol. The van der Waals surface area contributed by atoms with Crippen LogP contribution in [0.25, 0.3) is 0 Å². The van der Waals surface area contributed by atoms with Crippen LogP contribution in [-0.4, -0.2) is 31.8 Å². The second kappa shape index (κ2) is 5.26. The van der Waals surface area contributed by atoms with Crippen molar-refractivity contribution < 1.29 is 27.4 Å². The van der Waals surface area contributed by atoms with Gasteiger partial charge in [-0.1, -0.05) is 0 Å². The van der Waals surface area contributed by atoms with Gasteiger partial charge in [-0.05, 0) is 37.4 Å². The van der Waals surface area contributed by atoms with Gasteiger partial charge in [0, 0.05) is 10.4 Å². The van der Waals surface area contributed by atoms with Crippen molar-refractivity contribution in [3.63, 3.8) is 0 Å². The molecule has 0 amide bonds.